The molecule has 2 bridgehead atoms. The zero-order valence-electron chi connectivity index (χ0n) is 13.6. The van der Waals surface area contributed by atoms with Crippen molar-refractivity contribution in [2.75, 3.05) is 0 Å². The number of rotatable bonds is 5. The number of carbonyl (C=O) groups is 1. The van der Waals surface area contributed by atoms with Gasteiger partial charge < -0.3 is 15.4 Å². The molecule has 4 aliphatic carbocycles. The Hall–Kier alpha value is -1.78. The molecular formula is C19H23FN2O2. The number of nitrogens with one attached hydrogen (secondary N) is 2. The maximum Gasteiger partial charge on any atom is 0.315 e. The fraction of sp³-hybridized carbons (Fsp3) is 0.632. The third-order valence-electron chi connectivity index (χ3n) is 6.33. The van der Waals surface area contributed by atoms with Gasteiger partial charge >= 0.3 is 6.03 Å². The predicted octanol–water partition coefficient (Wildman–Crippen LogP) is 3.21. The SMILES string of the molecule is O=C(NCc1cccc(OC2CC2)c1F)NC1C2C3CCC(C3)C12. The third-order valence-corrected chi connectivity index (χ3v) is 6.33. The molecule has 2 amide bonds. The van der Waals surface area contributed by atoms with E-state index in [1.165, 1.54) is 19.3 Å². The van der Waals surface area contributed by atoms with E-state index >= 15 is 0 Å². The average Bonchev–Trinajstić information content (AvgIpc) is 3.45. The summed E-state index contributed by atoms with van der Waals surface area (Å²) in [5.74, 6) is 3.03. The van der Waals surface area contributed by atoms with Gasteiger partial charge in [-0.25, -0.2) is 9.18 Å². The number of carbonyl (C=O) groups excluding carboxylic acids is 1. The van der Waals surface area contributed by atoms with Gasteiger partial charge in [0.25, 0.3) is 0 Å². The van der Waals surface area contributed by atoms with Crippen molar-refractivity contribution in [1.29, 1.82) is 0 Å². The maximum absolute atomic E-state index is 14.4. The first-order valence-electron chi connectivity index (χ1n) is 9.19. The quantitative estimate of drug-likeness (QED) is 0.871. The van der Waals surface area contributed by atoms with Crippen LogP contribution in [-0.4, -0.2) is 18.2 Å². The highest BCUT2D eigenvalue weighted by atomic mass is 19.1. The van der Waals surface area contributed by atoms with Gasteiger partial charge in [0.05, 0.1) is 6.10 Å². The van der Waals surface area contributed by atoms with Crippen molar-refractivity contribution in [3.63, 3.8) is 0 Å². The first-order chi connectivity index (χ1) is 11.7. The number of hydrogen-bond donors (Lipinski definition) is 2. The van der Waals surface area contributed by atoms with Gasteiger partial charge in [-0.05, 0) is 61.8 Å². The molecule has 4 fully saturated rings. The lowest BCUT2D eigenvalue weighted by atomic mass is 10.0. The summed E-state index contributed by atoms with van der Waals surface area (Å²) in [6.07, 6.45) is 6.20. The number of benzene rings is 1. The fourth-order valence-corrected chi connectivity index (χ4v) is 5.05. The van der Waals surface area contributed by atoms with Gasteiger partial charge in [0.1, 0.15) is 0 Å². The lowest BCUT2D eigenvalue weighted by molar-refractivity contribution is 0.237. The summed E-state index contributed by atoms with van der Waals surface area (Å²) in [5, 5.41) is 5.90. The van der Waals surface area contributed by atoms with Crippen LogP contribution in [0.2, 0.25) is 0 Å². The highest BCUT2D eigenvalue weighted by molar-refractivity contribution is 5.75. The lowest BCUT2D eigenvalue weighted by Crippen LogP contribution is -2.38. The van der Waals surface area contributed by atoms with E-state index in [0.29, 0.717) is 29.2 Å². The van der Waals surface area contributed by atoms with Crippen LogP contribution in [0.15, 0.2) is 18.2 Å². The van der Waals surface area contributed by atoms with E-state index in [4.69, 9.17) is 4.74 Å². The van der Waals surface area contributed by atoms with Gasteiger partial charge in [-0.15, -0.1) is 0 Å². The topological polar surface area (TPSA) is 50.4 Å². The second-order valence-electron chi connectivity index (χ2n) is 7.89. The first kappa shape index (κ1) is 14.6. The van der Waals surface area contributed by atoms with Crippen LogP contribution in [0, 0.1) is 29.5 Å². The van der Waals surface area contributed by atoms with Gasteiger partial charge in [-0.3, -0.25) is 0 Å². The van der Waals surface area contributed by atoms with Crippen LogP contribution in [0.3, 0.4) is 0 Å². The maximum atomic E-state index is 14.4. The smallest absolute Gasteiger partial charge is 0.315 e. The second kappa shape index (κ2) is 5.36. The second-order valence-corrected chi connectivity index (χ2v) is 7.89. The minimum Gasteiger partial charge on any atom is -0.487 e. The summed E-state index contributed by atoms with van der Waals surface area (Å²) in [7, 11) is 0. The molecule has 1 aromatic carbocycles. The Labute approximate surface area is 141 Å². The molecule has 4 atom stereocenters. The van der Waals surface area contributed by atoms with Crippen molar-refractivity contribution in [1.82, 2.24) is 10.6 Å². The van der Waals surface area contributed by atoms with Crippen molar-refractivity contribution in [3.8, 4) is 5.75 Å². The number of amides is 2. The molecule has 2 N–H and O–H groups in total. The van der Waals surface area contributed by atoms with Crippen molar-refractivity contribution >= 4 is 6.03 Å². The van der Waals surface area contributed by atoms with E-state index in [1.807, 2.05) is 0 Å². The summed E-state index contributed by atoms with van der Waals surface area (Å²) in [5.41, 5.74) is 0.472. The van der Waals surface area contributed by atoms with E-state index in [2.05, 4.69) is 10.6 Å². The molecule has 0 aliphatic heterocycles. The molecule has 4 nitrogen and oxygen atoms in total. The molecule has 1 aromatic rings. The van der Waals surface area contributed by atoms with Crippen LogP contribution in [0.4, 0.5) is 9.18 Å². The minimum absolute atomic E-state index is 0.163. The summed E-state index contributed by atoms with van der Waals surface area (Å²) in [6, 6.07) is 5.30. The molecule has 4 aliphatic rings. The van der Waals surface area contributed by atoms with Crippen LogP contribution in [-0.2, 0) is 6.54 Å². The van der Waals surface area contributed by atoms with Crippen LogP contribution in [0.1, 0.15) is 37.7 Å². The zero-order chi connectivity index (χ0) is 16.3. The Morgan fingerprint density at radius 2 is 1.92 bits per heavy atom. The number of urea groups is 1. The molecule has 5 rings (SSSR count). The highest BCUT2D eigenvalue weighted by Crippen LogP contribution is 2.65. The number of fused-ring (bicyclic) bond motifs is 5. The van der Waals surface area contributed by atoms with Gasteiger partial charge in [-0.2, -0.15) is 0 Å². The Morgan fingerprint density at radius 3 is 2.62 bits per heavy atom. The molecule has 24 heavy (non-hydrogen) atoms. The summed E-state index contributed by atoms with van der Waals surface area (Å²) < 4.78 is 19.9. The van der Waals surface area contributed by atoms with Crippen LogP contribution in [0.25, 0.3) is 0 Å². The molecule has 128 valence electrons. The van der Waals surface area contributed by atoms with Gasteiger partial charge in [0.15, 0.2) is 11.6 Å². The molecular weight excluding hydrogens is 307 g/mol. The zero-order valence-corrected chi connectivity index (χ0v) is 13.6. The number of halogens is 1. The number of ether oxygens (including phenoxy) is 1. The average molecular weight is 330 g/mol. The Balaban J connectivity index is 1.15. The van der Waals surface area contributed by atoms with E-state index in [-0.39, 0.29) is 24.5 Å². The van der Waals surface area contributed by atoms with E-state index < -0.39 is 0 Å². The number of hydrogen-bond acceptors (Lipinski definition) is 2. The molecule has 0 heterocycles. The monoisotopic (exact) mass is 330 g/mol. The molecule has 0 saturated heterocycles. The molecule has 0 aromatic heterocycles. The van der Waals surface area contributed by atoms with E-state index in [0.717, 1.165) is 24.7 Å². The minimum atomic E-state index is -0.356. The fourth-order valence-electron chi connectivity index (χ4n) is 5.05. The Kier molecular flexibility index (Phi) is 3.25. The van der Waals surface area contributed by atoms with Crippen LogP contribution >= 0.6 is 0 Å². The Bertz CT molecular complexity index is 659. The highest BCUT2D eigenvalue weighted by Gasteiger charge is 2.65. The standard InChI is InChI=1S/C19H23FN2O2/c20-17-12(2-1-3-14(17)24-13-6-7-13)9-21-19(23)22-18-15-10-4-5-11(8-10)16(15)18/h1-3,10-11,13,15-16,18H,4-9H2,(H2,21,22,23). The summed E-state index contributed by atoms with van der Waals surface area (Å²) in [4.78, 5) is 12.1. The van der Waals surface area contributed by atoms with Gasteiger partial charge in [-0.1, -0.05) is 12.1 Å². The van der Waals surface area contributed by atoms with Crippen molar-refractivity contribution < 1.29 is 13.9 Å². The first-order valence-corrected chi connectivity index (χ1v) is 9.19. The van der Waals surface area contributed by atoms with Gasteiger partial charge in [0.2, 0.25) is 0 Å². The molecule has 0 spiro atoms. The molecule has 4 saturated carbocycles. The molecule has 5 heteroatoms. The Morgan fingerprint density at radius 1 is 1.17 bits per heavy atom. The van der Waals surface area contributed by atoms with Crippen molar-refractivity contribution in [2.45, 2.75) is 50.8 Å². The van der Waals surface area contributed by atoms with E-state index in [9.17, 15) is 9.18 Å². The van der Waals surface area contributed by atoms with E-state index in [1.54, 1.807) is 18.2 Å². The third kappa shape index (κ3) is 2.45. The van der Waals surface area contributed by atoms with Crippen LogP contribution in [0.5, 0.6) is 5.75 Å². The normalized spacial score (nSPS) is 35.5. The predicted molar refractivity (Wildman–Crippen MR) is 87.0 cm³/mol. The summed E-state index contributed by atoms with van der Waals surface area (Å²) in [6.45, 7) is 0.189. The summed E-state index contributed by atoms with van der Waals surface area (Å²) >= 11 is 0. The van der Waals surface area contributed by atoms with Gasteiger partial charge in [0, 0.05) is 18.2 Å². The molecule has 4 unspecified atom stereocenters. The van der Waals surface area contributed by atoms with Crippen molar-refractivity contribution in [2.24, 2.45) is 23.7 Å². The van der Waals surface area contributed by atoms with Crippen LogP contribution < -0.4 is 15.4 Å². The largest absolute Gasteiger partial charge is 0.487 e. The van der Waals surface area contributed by atoms with Crippen molar-refractivity contribution in [3.05, 3.63) is 29.6 Å². The lowest BCUT2D eigenvalue weighted by Gasteiger charge is -2.13. The molecule has 0 radical (unpaired) electrons.